The lowest BCUT2D eigenvalue weighted by Crippen LogP contribution is -1.75. The van der Waals surface area contributed by atoms with Crippen molar-refractivity contribution in [3.05, 3.63) is 71.5 Å². The fourth-order valence-corrected chi connectivity index (χ4v) is 2.61. The smallest absolute Gasteiger partial charge is 0.117 e. The largest absolute Gasteiger partial charge is 0.257 e. The summed E-state index contributed by atoms with van der Waals surface area (Å²) in [4.78, 5) is 8.76. The molecule has 0 aliphatic rings. The Kier molecular flexibility index (Phi) is 3.47. The molecule has 2 aromatic heterocycles. The molecule has 3 aromatic rings. The maximum Gasteiger partial charge on any atom is 0.117 e. The molecular formula is C16H12N2S. The molecule has 0 saturated carbocycles. The first kappa shape index (κ1) is 11.8. The van der Waals surface area contributed by atoms with Crippen molar-refractivity contribution in [2.24, 2.45) is 0 Å². The van der Waals surface area contributed by atoms with Crippen LogP contribution in [0.2, 0.25) is 0 Å². The van der Waals surface area contributed by atoms with E-state index in [1.165, 1.54) is 4.70 Å². The quantitative estimate of drug-likeness (QED) is 0.654. The SMILES string of the molecule is C(C=Cc1nc2ccccc2s1)=Cc1ccccn1. The molecule has 0 amide bonds. The number of pyridine rings is 1. The lowest BCUT2D eigenvalue weighted by molar-refractivity contribution is 1.30. The first-order valence-electron chi connectivity index (χ1n) is 6.03. The first-order chi connectivity index (χ1) is 9.42. The molecule has 0 N–H and O–H groups in total. The van der Waals surface area contributed by atoms with Crippen molar-refractivity contribution in [3.8, 4) is 0 Å². The van der Waals surface area contributed by atoms with Crippen molar-refractivity contribution in [3.63, 3.8) is 0 Å². The van der Waals surface area contributed by atoms with E-state index < -0.39 is 0 Å². The minimum atomic E-state index is 0.955. The molecule has 0 spiro atoms. The molecule has 0 atom stereocenters. The van der Waals surface area contributed by atoms with Crippen LogP contribution in [0.1, 0.15) is 10.7 Å². The average Bonchev–Trinajstić information content (AvgIpc) is 2.87. The molecule has 0 saturated heterocycles. The second kappa shape index (κ2) is 5.59. The highest BCUT2D eigenvalue weighted by Crippen LogP contribution is 2.22. The Morgan fingerprint density at radius 2 is 1.74 bits per heavy atom. The third-order valence-corrected chi connectivity index (χ3v) is 3.62. The molecule has 1 aromatic carbocycles. The van der Waals surface area contributed by atoms with Crippen LogP contribution in [0.3, 0.4) is 0 Å². The van der Waals surface area contributed by atoms with Crippen LogP contribution in [0.4, 0.5) is 0 Å². The van der Waals surface area contributed by atoms with Gasteiger partial charge < -0.3 is 0 Å². The predicted octanol–water partition coefficient (Wildman–Crippen LogP) is 4.42. The minimum absolute atomic E-state index is 0.955. The van der Waals surface area contributed by atoms with E-state index in [2.05, 4.69) is 16.0 Å². The second-order valence-corrected chi connectivity index (χ2v) is 5.05. The highest BCUT2D eigenvalue weighted by atomic mass is 32.1. The maximum absolute atomic E-state index is 4.54. The molecule has 3 heteroatoms. The first-order valence-corrected chi connectivity index (χ1v) is 6.85. The third kappa shape index (κ3) is 2.95. The van der Waals surface area contributed by atoms with Crippen molar-refractivity contribution in [1.82, 2.24) is 9.97 Å². The number of hydrogen-bond donors (Lipinski definition) is 0. The van der Waals surface area contributed by atoms with E-state index in [4.69, 9.17) is 0 Å². The van der Waals surface area contributed by atoms with Crippen LogP contribution < -0.4 is 0 Å². The topological polar surface area (TPSA) is 25.8 Å². The van der Waals surface area contributed by atoms with E-state index in [-0.39, 0.29) is 0 Å². The van der Waals surface area contributed by atoms with E-state index in [9.17, 15) is 0 Å². The summed E-state index contributed by atoms with van der Waals surface area (Å²) >= 11 is 1.70. The summed E-state index contributed by atoms with van der Waals surface area (Å²) in [6.45, 7) is 0. The molecule has 19 heavy (non-hydrogen) atoms. The summed E-state index contributed by atoms with van der Waals surface area (Å²) in [5, 5.41) is 1.02. The van der Waals surface area contributed by atoms with Gasteiger partial charge in [-0.25, -0.2) is 4.98 Å². The molecule has 0 aliphatic carbocycles. The van der Waals surface area contributed by atoms with Gasteiger partial charge in [0.05, 0.1) is 15.9 Å². The van der Waals surface area contributed by atoms with E-state index >= 15 is 0 Å². The van der Waals surface area contributed by atoms with Crippen LogP contribution in [0, 0.1) is 0 Å². The fourth-order valence-electron chi connectivity index (χ4n) is 1.73. The van der Waals surface area contributed by atoms with Crippen molar-refractivity contribution in [1.29, 1.82) is 0 Å². The summed E-state index contributed by atoms with van der Waals surface area (Å²) in [7, 11) is 0. The van der Waals surface area contributed by atoms with Crippen LogP contribution in [-0.4, -0.2) is 9.97 Å². The molecule has 2 heterocycles. The van der Waals surface area contributed by atoms with E-state index in [1.54, 1.807) is 17.5 Å². The summed E-state index contributed by atoms with van der Waals surface area (Å²) in [6, 6.07) is 14.0. The number of allylic oxidation sites excluding steroid dienone is 2. The van der Waals surface area contributed by atoms with Gasteiger partial charge in [0.2, 0.25) is 0 Å². The number of fused-ring (bicyclic) bond motifs is 1. The number of hydrogen-bond acceptors (Lipinski definition) is 3. The third-order valence-electron chi connectivity index (χ3n) is 2.62. The van der Waals surface area contributed by atoms with Crippen LogP contribution in [0.5, 0.6) is 0 Å². The van der Waals surface area contributed by atoms with Gasteiger partial charge >= 0.3 is 0 Å². The van der Waals surface area contributed by atoms with E-state index in [0.717, 1.165) is 16.2 Å². The van der Waals surface area contributed by atoms with Crippen molar-refractivity contribution < 1.29 is 0 Å². The molecule has 0 bridgehead atoms. The summed E-state index contributed by atoms with van der Waals surface area (Å²) < 4.78 is 1.22. The number of para-hydroxylation sites is 1. The number of nitrogens with zero attached hydrogens (tertiary/aromatic N) is 2. The van der Waals surface area contributed by atoms with Gasteiger partial charge in [-0.05, 0) is 36.4 Å². The number of thiazole rings is 1. The van der Waals surface area contributed by atoms with Crippen LogP contribution in [-0.2, 0) is 0 Å². The van der Waals surface area contributed by atoms with Gasteiger partial charge in [-0.15, -0.1) is 11.3 Å². The Bertz CT molecular complexity index is 694. The van der Waals surface area contributed by atoms with Gasteiger partial charge in [-0.3, -0.25) is 4.98 Å². The van der Waals surface area contributed by atoms with Gasteiger partial charge in [0, 0.05) is 6.20 Å². The zero-order valence-electron chi connectivity index (χ0n) is 10.2. The summed E-state index contributed by atoms with van der Waals surface area (Å²) in [6.07, 6.45) is 9.76. The zero-order chi connectivity index (χ0) is 12.9. The monoisotopic (exact) mass is 264 g/mol. The van der Waals surface area contributed by atoms with Gasteiger partial charge in [0.15, 0.2) is 0 Å². The Morgan fingerprint density at radius 1 is 0.895 bits per heavy atom. The van der Waals surface area contributed by atoms with Crippen LogP contribution >= 0.6 is 11.3 Å². The highest BCUT2D eigenvalue weighted by Gasteiger charge is 1.98. The Labute approximate surface area is 115 Å². The fraction of sp³-hybridized carbons (Fsp3) is 0. The summed E-state index contributed by atoms with van der Waals surface area (Å²) in [5.74, 6) is 0. The molecular weight excluding hydrogens is 252 g/mol. The van der Waals surface area contributed by atoms with E-state index in [0.29, 0.717) is 0 Å². The predicted molar refractivity (Wildman–Crippen MR) is 81.9 cm³/mol. The van der Waals surface area contributed by atoms with E-state index in [1.807, 2.05) is 60.7 Å². The minimum Gasteiger partial charge on any atom is -0.257 e. The number of benzene rings is 1. The molecule has 0 unspecified atom stereocenters. The molecule has 92 valence electrons. The molecule has 0 radical (unpaired) electrons. The van der Waals surface area contributed by atoms with Crippen LogP contribution in [0.25, 0.3) is 22.4 Å². The number of rotatable bonds is 3. The molecule has 0 aliphatic heterocycles. The molecule has 2 nitrogen and oxygen atoms in total. The molecule has 0 fully saturated rings. The lowest BCUT2D eigenvalue weighted by atomic mass is 10.3. The van der Waals surface area contributed by atoms with Crippen molar-refractivity contribution >= 4 is 33.7 Å². The zero-order valence-corrected chi connectivity index (χ0v) is 11.0. The van der Waals surface area contributed by atoms with Gasteiger partial charge in [0.1, 0.15) is 5.01 Å². The standard InChI is InChI=1S/C16H12N2S/c1(7-13-8-5-6-12-17-13)4-11-16-18-14-9-2-3-10-15(14)19-16/h1-12H. The highest BCUT2D eigenvalue weighted by molar-refractivity contribution is 7.19. The van der Waals surface area contributed by atoms with Gasteiger partial charge in [-0.2, -0.15) is 0 Å². The maximum atomic E-state index is 4.54. The average molecular weight is 264 g/mol. The lowest BCUT2D eigenvalue weighted by Gasteiger charge is -1.87. The molecule has 3 rings (SSSR count). The van der Waals surface area contributed by atoms with Gasteiger partial charge in [0.25, 0.3) is 0 Å². The Hall–Kier alpha value is -2.26. The second-order valence-electron chi connectivity index (χ2n) is 3.99. The normalized spacial score (nSPS) is 11.8. The van der Waals surface area contributed by atoms with Gasteiger partial charge in [-0.1, -0.05) is 30.4 Å². The van der Waals surface area contributed by atoms with Crippen LogP contribution in [0.15, 0.2) is 60.8 Å². The Balaban J connectivity index is 1.74. The Morgan fingerprint density at radius 3 is 2.58 bits per heavy atom. The van der Waals surface area contributed by atoms with Crippen molar-refractivity contribution in [2.45, 2.75) is 0 Å². The summed E-state index contributed by atoms with van der Waals surface area (Å²) in [5.41, 5.74) is 2.01. The van der Waals surface area contributed by atoms with Crippen molar-refractivity contribution in [2.75, 3.05) is 0 Å². The number of aromatic nitrogens is 2.